The van der Waals surface area contributed by atoms with Crippen molar-refractivity contribution < 1.29 is 24.9 Å². The van der Waals surface area contributed by atoms with Crippen molar-refractivity contribution in [3.05, 3.63) is 0 Å². The summed E-state index contributed by atoms with van der Waals surface area (Å²) in [6.07, 6.45) is 0.900. The fourth-order valence-corrected chi connectivity index (χ4v) is 3.13. The SMILES string of the molecule is CC[C@H]1OC(=O)[C@H](C)CCC[C@H](O)CCCN(C)[C@H](C)[C@@H](O)[C@@H]1O. The van der Waals surface area contributed by atoms with Crippen molar-refractivity contribution in [1.29, 1.82) is 0 Å². The van der Waals surface area contributed by atoms with Crippen molar-refractivity contribution in [2.24, 2.45) is 5.92 Å². The zero-order valence-electron chi connectivity index (χ0n) is 15.5. The minimum Gasteiger partial charge on any atom is -0.459 e. The lowest BCUT2D eigenvalue weighted by Crippen LogP contribution is -2.50. The number of hydrogen-bond acceptors (Lipinski definition) is 6. The zero-order valence-corrected chi connectivity index (χ0v) is 15.5. The minimum atomic E-state index is -1.11. The van der Waals surface area contributed by atoms with Gasteiger partial charge in [0.1, 0.15) is 12.2 Å². The Labute approximate surface area is 145 Å². The summed E-state index contributed by atoms with van der Waals surface area (Å²) < 4.78 is 5.45. The van der Waals surface area contributed by atoms with Crippen molar-refractivity contribution in [1.82, 2.24) is 4.90 Å². The molecule has 1 rings (SSSR count). The number of ether oxygens (including phenoxy) is 1. The standard InChI is InChI=1S/C18H35NO5/c1-5-15-17(22)16(21)13(3)19(4)11-7-10-14(20)9-6-8-12(2)18(23)24-15/h12-17,20-22H,5-11H2,1-4H3/t12-,13-,14+,15-,16-,17-/m1/s1. The lowest BCUT2D eigenvalue weighted by molar-refractivity contribution is -0.166. The van der Waals surface area contributed by atoms with E-state index in [1.807, 2.05) is 25.8 Å². The first-order valence-corrected chi connectivity index (χ1v) is 9.22. The fourth-order valence-electron chi connectivity index (χ4n) is 3.13. The molecule has 1 fully saturated rings. The third kappa shape index (κ3) is 6.31. The van der Waals surface area contributed by atoms with Gasteiger partial charge in [0.2, 0.25) is 0 Å². The van der Waals surface area contributed by atoms with Crippen LogP contribution in [0.4, 0.5) is 0 Å². The van der Waals surface area contributed by atoms with Crippen molar-refractivity contribution in [2.45, 2.75) is 89.8 Å². The molecule has 0 spiro atoms. The zero-order chi connectivity index (χ0) is 18.3. The molecule has 1 aliphatic rings. The summed E-state index contributed by atoms with van der Waals surface area (Å²) in [6, 6.07) is -0.271. The van der Waals surface area contributed by atoms with Crippen LogP contribution in [0.1, 0.15) is 59.3 Å². The second kappa shape index (κ2) is 10.3. The van der Waals surface area contributed by atoms with Crippen LogP contribution in [0.2, 0.25) is 0 Å². The predicted octanol–water partition coefficient (Wildman–Crippen LogP) is 1.31. The Morgan fingerprint density at radius 2 is 1.71 bits per heavy atom. The van der Waals surface area contributed by atoms with Crippen molar-refractivity contribution in [3.8, 4) is 0 Å². The van der Waals surface area contributed by atoms with Gasteiger partial charge in [0.25, 0.3) is 0 Å². The summed E-state index contributed by atoms with van der Waals surface area (Å²) in [7, 11) is 1.89. The molecule has 0 aromatic rings. The largest absolute Gasteiger partial charge is 0.459 e. The van der Waals surface area contributed by atoms with Gasteiger partial charge in [-0.15, -0.1) is 0 Å². The molecule has 1 saturated heterocycles. The van der Waals surface area contributed by atoms with E-state index in [-0.39, 0.29) is 24.0 Å². The molecule has 1 aliphatic heterocycles. The van der Waals surface area contributed by atoms with Crippen LogP contribution in [-0.4, -0.2) is 70.2 Å². The number of nitrogens with zero attached hydrogens (tertiary/aromatic N) is 1. The highest BCUT2D eigenvalue weighted by Crippen LogP contribution is 2.19. The van der Waals surface area contributed by atoms with E-state index < -0.39 is 18.3 Å². The highest BCUT2D eigenvalue weighted by Gasteiger charge is 2.34. The Balaban J connectivity index is 2.86. The van der Waals surface area contributed by atoms with Crippen molar-refractivity contribution >= 4 is 5.97 Å². The Morgan fingerprint density at radius 1 is 1.08 bits per heavy atom. The molecule has 0 aromatic carbocycles. The fraction of sp³-hybridized carbons (Fsp3) is 0.944. The van der Waals surface area contributed by atoms with E-state index >= 15 is 0 Å². The number of aliphatic hydroxyl groups excluding tert-OH is 3. The van der Waals surface area contributed by atoms with Gasteiger partial charge in [-0.3, -0.25) is 4.79 Å². The van der Waals surface area contributed by atoms with Gasteiger partial charge in [-0.2, -0.15) is 0 Å². The van der Waals surface area contributed by atoms with Crippen LogP contribution in [0.3, 0.4) is 0 Å². The molecular formula is C18H35NO5. The molecule has 24 heavy (non-hydrogen) atoms. The summed E-state index contributed by atoms with van der Waals surface area (Å²) in [5.74, 6) is -0.626. The second-order valence-electron chi connectivity index (χ2n) is 7.21. The number of cyclic esters (lactones) is 1. The number of aliphatic hydroxyl groups is 3. The summed E-state index contributed by atoms with van der Waals surface area (Å²) in [5.41, 5.74) is 0. The predicted molar refractivity (Wildman–Crippen MR) is 92.5 cm³/mol. The number of hydrogen-bond donors (Lipinski definition) is 3. The highest BCUT2D eigenvalue weighted by atomic mass is 16.6. The van der Waals surface area contributed by atoms with E-state index in [0.717, 1.165) is 19.4 Å². The van der Waals surface area contributed by atoms with Crippen LogP contribution in [0.15, 0.2) is 0 Å². The number of rotatable bonds is 1. The topological polar surface area (TPSA) is 90.2 Å². The van der Waals surface area contributed by atoms with Gasteiger partial charge in [-0.05, 0) is 52.6 Å². The maximum absolute atomic E-state index is 12.2. The average Bonchev–Trinajstić information content (AvgIpc) is 2.56. The molecule has 6 atom stereocenters. The van der Waals surface area contributed by atoms with Crippen LogP contribution in [-0.2, 0) is 9.53 Å². The summed E-state index contributed by atoms with van der Waals surface area (Å²) in [6.45, 7) is 6.21. The Hall–Kier alpha value is -0.690. The number of likely N-dealkylation sites (N-methyl/N-ethyl adjacent to an activating group) is 1. The van der Waals surface area contributed by atoms with Crippen LogP contribution in [0, 0.1) is 5.92 Å². The summed E-state index contributed by atoms with van der Waals surface area (Å²) >= 11 is 0. The molecule has 142 valence electrons. The molecule has 0 aromatic heterocycles. The Bertz CT molecular complexity index is 378. The van der Waals surface area contributed by atoms with Crippen LogP contribution in [0.5, 0.6) is 0 Å². The van der Waals surface area contributed by atoms with Gasteiger partial charge >= 0.3 is 5.97 Å². The molecule has 0 amide bonds. The molecular weight excluding hydrogens is 310 g/mol. The van der Waals surface area contributed by atoms with Crippen LogP contribution < -0.4 is 0 Å². The van der Waals surface area contributed by atoms with E-state index in [1.54, 1.807) is 6.92 Å². The first-order valence-electron chi connectivity index (χ1n) is 9.22. The molecule has 0 radical (unpaired) electrons. The first kappa shape index (κ1) is 21.4. The van der Waals surface area contributed by atoms with Crippen LogP contribution in [0.25, 0.3) is 0 Å². The van der Waals surface area contributed by atoms with E-state index in [2.05, 4.69) is 0 Å². The molecule has 0 aliphatic carbocycles. The lowest BCUT2D eigenvalue weighted by atomic mass is 9.99. The summed E-state index contributed by atoms with van der Waals surface area (Å²) in [5, 5.41) is 30.9. The highest BCUT2D eigenvalue weighted by molar-refractivity contribution is 5.72. The molecule has 0 bridgehead atoms. The number of esters is 1. The van der Waals surface area contributed by atoms with Gasteiger partial charge < -0.3 is 25.0 Å². The molecule has 6 nitrogen and oxygen atoms in total. The van der Waals surface area contributed by atoms with E-state index in [1.165, 1.54) is 0 Å². The van der Waals surface area contributed by atoms with Crippen molar-refractivity contribution in [2.75, 3.05) is 13.6 Å². The number of carbonyl (C=O) groups is 1. The number of carbonyl (C=O) groups excluding carboxylic acids is 1. The third-order valence-corrected chi connectivity index (χ3v) is 5.22. The normalized spacial score (nSPS) is 38.9. The average molecular weight is 345 g/mol. The monoisotopic (exact) mass is 345 g/mol. The van der Waals surface area contributed by atoms with E-state index in [9.17, 15) is 20.1 Å². The van der Waals surface area contributed by atoms with E-state index in [0.29, 0.717) is 25.7 Å². The lowest BCUT2D eigenvalue weighted by Gasteiger charge is -2.34. The third-order valence-electron chi connectivity index (χ3n) is 5.22. The Morgan fingerprint density at radius 3 is 2.33 bits per heavy atom. The molecule has 3 N–H and O–H groups in total. The van der Waals surface area contributed by atoms with Crippen molar-refractivity contribution in [3.63, 3.8) is 0 Å². The van der Waals surface area contributed by atoms with Gasteiger partial charge in [-0.25, -0.2) is 0 Å². The molecule has 0 unspecified atom stereocenters. The van der Waals surface area contributed by atoms with Gasteiger partial charge in [0, 0.05) is 6.04 Å². The maximum atomic E-state index is 12.2. The first-order chi connectivity index (χ1) is 11.3. The Kier molecular flexibility index (Phi) is 9.19. The quantitative estimate of drug-likeness (QED) is 0.621. The minimum absolute atomic E-state index is 0.271. The van der Waals surface area contributed by atoms with Crippen LogP contribution >= 0.6 is 0 Å². The van der Waals surface area contributed by atoms with Gasteiger partial charge in [0.15, 0.2) is 0 Å². The molecule has 1 heterocycles. The smallest absolute Gasteiger partial charge is 0.309 e. The molecule has 0 saturated carbocycles. The van der Waals surface area contributed by atoms with Gasteiger partial charge in [-0.1, -0.05) is 20.3 Å². The van der Waals surface area contributed by atoms with E-state index in [4.69, 9.17) is 4.74 Å². The second-order valence-corrected chi connectivity index (χ2v) is 7.21. The maximum Gasteiger partial charge on any atom is 0.309 e. The summed E-state index contributed by atoms with van der Waals surface area (Å²) in [4.78, 5) is 14.2. The molecule has 6 heteroatoms. The van der Waals surface area contributed by atoms with Gasteiger partial charge in [0.05, 0.1) is 18.1 Å².